The van der Waals surface area contributed by atoms with Crippen LogP contribution in [0.1, 0.15) is 50.2 Å². The first-order chi connectivity index (χ1) is 10.1. The lowest BCUT2D eigenvalue weighted by atomic mass is 10.1. The Bertz CT molecular complexity index is 579. The van der Waals surface area contributed by atoms with Gasteiger partial charge in [0, 0.05) is 23.8 Å². The average Bonchev–Trinajstić information content (AvgIpc) is 2.83. The van der Waals surface area contributed by atoms with E-state index in [9.17, 15) is 0 Å². The Kier molecular flexibility index (Phi) is 5.18. The molecule has 0 saturated carbocycles. The second kappa shape index (κ2) is 6.90. The zero-order chi connectivity index (χ0) is 15.4. The molecular formula is C18H27N3. The summed E-state index contributed by atoms with van der Waals surface area (Å²) in [6, 6.07) is 9.09. The van der Waals surface area contributed by atoms with Crippen molar-refractivity contribution in [3.05, 3.63) is 46.8 Å². The van der Waals surface area contributed by atoms with Crippen molar-refractivity contribution in [1.29, 1.82) is 0 Å². The van der Waals surface area contributed by atoms with Gasteiger partial charge in [0.2, 0.25) is 0 Å². The molecule has 0 atom stereocenters. The van der Waals surface area contributed by atoms with Crippen LogP contribution in [-0.2, 0) is 19.4 Å². The van der Waals surface area contributed by atoms with Crippen LogP contribution in [0.15, 0.2) is 24.3 Å². The maximum absolute atomic E-state index is 4.85. The summed E-state index contributed by atoms with van der Waals surface area (Å²) in [4.78, 5) is 0. The van der Waals surface area contributed by atoms with E-state index in [1.165, 1.54) is 22.5 Å². The molecule has 0 aliphatic carbocycles. The molecule has 0 saturated heterocycles. The Morgan fingerprint density at radius 2 is 1.76 bits per heavy atom. The summed E-state index contributed by atoms with van der Waals surface area (Å²) >= 11 is 0. The van der Waals surface area contributed by atoms with Gasteiger partial charge < -0.3 is 5.32 Å². The van der Waals surface area contributed by atoms with Gasteiger partial charge in [-0.1, -0.05) is 45.4 Å². The largest absolute Gasteiger partial charge is 0.310 e. The average molecular weight is 285 g/mol. The molecule has 0 fully saturated rings. The van der Waals surface area contributed by atoms with Crippen molar-refractivity contribution in [2.75, 3.05) is 0 Å². The second-order valence-electron chi connectivity index (χ2n) is 5.86. The van der Waals surface area contributed by atoms with E-state index < -0.39 is 0 Å². The Labute approximate surface area is 128 Å². The van der Waals surface area contributed by atoms with Crippen LogP contribution in [0.2, 0.25) is 0 Å². The molecular weight excluding hydrogens is 258 g/mol. The monoisotopic (exact) mass is 285 g/mol. The van der Waals surface area contributed by atoms with Crippen molar-refractivity contribution >= 4 is 0 Å². The number of hydrogen-bond donors (Lipinski definition) is 1. The Morgan fingerprint density at radius 1 is 1.10 bits per heavy atom. The SMILES string of the molecule is CCc1nn(-c2ccc(C)cc2)c(CC)c1CNC(C)C. The fourth-order valence-electron chi connectivity index (χ4n) is 2.59. The molecule has 1 aromatic carbocycles. The van der Waals surface area contributed by atoms with Gasteiger partial charge in [0.05, 0.1) is 11.4 Å². The van der Waals surface area contributed by atoms with Crippen LogP contribution in [0.25, 0.3) is 5.69 Å². The lowest BCUT2D eigenvalue weighted by Crippen LogP contribution is -2.23. The van der Waals surface area contributed by atoms with Crippen molar-refractivity contribution < 1.29 is 0 Å². The van der Waals surface area contributed by atoms with E-state index in [1.807, 2.05) is 0 Å². The molecule has 3 nitrogen and oxygen atoms in total. The summed E-state index contributed by atoms with van der Waals surface area (Å²) in [5, 5.41) is 8.39. The number of benzene rings is 1. The second-order valence-corrected chi connectivity index (χ2v) is 5.86. The van der Waals surface area contributed by atoms with Gasteiger partial charge in [0.25, 0.3) is 0 Å². The summed E-state index contributed by atoms with van der Waals surface area (Å²) in [5.74, 6) is 0. The third kappa shape index (κ3) is 3.53. The molecule has 1 N–H and O–H groups in total. The molecule has 0 aliphatic rings. The highest BCUT2D eigenvalue weighted by Gasteiger charge is 2.16. The fraction of sp³-hybridized carbons (Fsp3) is 0.500. The van der Waals surface area contributed by atoms with Gasteiger partial charge in [-0.3, -0.25) is 0 Å². The Hall–Kier alpha value is -1.61. The van der Waals surface area contributed by atoms with Crippen LogP contribution >= 0.6 is 0 Å². The highest BCUT2D eigenvalue weighted by Crippen LogP contribution is 2.21. The van der Waals surface area contributed by atoms with E-state index in [-0.39, 0.29) is 0 Å². The van der Waals surface area contributed by atoms with E-state index in [2.05, 4.69) is 68.9 Å². The molecule has 0 aliphatic heterocycles. The molecule has 1 aromatic heterocycles. The standard InChI is InChI=1S/C18H27N3/c1-6-17-16(12-19-13(3)4)18(7-2)21(20-17)15-10-8-14(5)9-11-15/h8-11,13,19H,6-7,12H2,1-5H3. The molecule has 2 aromatic rings. The predicted octanol–water partition coefficient (Wildman–Crippen LogP) is 3.80. The van der Waals surface area contributed by atoms with Crippen LogP contribution in [-0.4, -0.2) is 15.8 Å². The maximum atomic E-state index is 4.85. The summed E-state index contributed by atoms with van der Waals surface area (Å²) in [6.45, 7) is 11.8. The summed E-state index contributed by atoms with van der Waals surface area (Å²) < 4.78 is 2.12. The highest BCUT2D eigenvalue weighted by atomic mass is 15.3. The number of nitrogens with one attached hydrogen (secondary N) is 1. The first-order valence-corrected chi connectivity index (χ1v) is 7.96. The van der Waals surface area contributed by atoms with E-state index >= 15 is 0 Å². The minimum absolute atomic E-state index is 0.488. The molecule has 21 heavy (non-hydrogen) atoms. The minimum atomic E-state index is 0.488. The van der Waals surface area contributed by atoms with Crippen LogP contribution in [0.3, 0.4) is 0 Å². The molecule has 0 amide bonds. The first-order valence-electron chi connectivity index (χ1n) is 7.96. The molecule has 0 unspecified atom stereocenters. The van der Waals surface area contributed by atoms with Crippen LogP contribution in [0, 0.1) is 6.92 Å². The van der Waals surface area contributed by atoms with E-state index in [1.54, 1.807) is 0 Å². The van der Waals surface area contributed by atoms with Crippen molar-refractivity contribution in [2.24, 2.45) is 0 Å². The van der Waals surface area contributed by atoms with Crippen LogP contribution in [0.5, 0.6) is 0 Å². The molecule has 3 heteroatoms. The summed E-state index contributed by atoms with van der Waals surface area (Å²) in [6.07, 6.45) is 1.97. The quantitative estimate of drug-likeness (QED) is 0.875. The Balaban J connectivity index is 2.44. The minimum Gasteiger partial charge on any atom is -0.310 e. The van der Waals surface area contributed by atoms with Gasteiger partial charge in [-0.2, -0.15) is 5.10 Å². The van der Waals surface area contributed by atoms with Crippen LogP contribution in [0.4, 0.5) is 0 Å². The normalized spacial score (nSPS) is 11.3. The summed E-state index contributed by atoms with van der Waals surface area (Å²) in [5.41, 5.74) is 6.34. The third-order valence-corrected chi connectivity index (χ3v) is 3.81. The lowest BCUT2D eigenvalue weighted by Gasteiger charge is -2.11. The number of hydrogen-bond acceptors (Lipinski definition) is 2. The van der Waals surface area contributed by atoms with E-state index in [0.29, 0.717) is 6.04 Å². The molecule has 0 spiro atoms. The number of aryl methyl sites for hydroxylation is 2. The smallest absolute Gasteiger partial charge is 0.0674 e. The maximum Gasteiger partial charge on any atom is 0.0674 e. The van der Waals surface area contributed by atoms with Gasteiger partial charge in [-0.25, -0.2) is 4.68 Å². The van der Waals surface area contributed by atoms with Crippen LogP contribution < -0.4 is 5.32 Å². The molecule has 0 radical (unpaired) electrons. The Morgan fingerprint density at radius 3 is 2.29 bits per heavy atom. The van der Waals surface area contributed by atoms with E-state index in [4.69, 9.17) is 5.10 Å². The van der Waals surface area contributed by atoms with Crippen molar-refractivity contribution in [3.8, 4) is 5.69 Å². The highest BCUT2D eigenvalue weighted by molar-refractivity contribution is 5.39. The first kappa shape index (κ1) is 15.8. The number of rotatable bonds is 6. The summed E-state index contributed by atoms with van der Waals surface area (Å²) in [7, 11) is 0. The van der Waals surface area contributed by atoms with Gasteiger partial charge in [0.15, 0.2) is 0 Å². The van der Waals surface area contributed by atoms with E-state index in [0.717, 1.165) is 25.1 Å². The third-order valence-electron chi connectivity index (χ3n) is 3.81. The van der Waals surface area contributed by atoms with Gasteiger partial charge in [-0.15, -0.1) is 0 Å². The van der Waals surface area contributed by atoms with Crippen molar-refractivity contribution in [3.63, 3.8) is 0 Å². The molecule has 2 rings (SSSR count). The topological polar surface area (TPSA) is 29.9 Å². The number of aromatic nitrogens is 2. The zero-order valence-corrected chi connectivity index (χ0v) is 13.9. The fourth-order valence-corrected chi connectivity index (χ4v) is 2.59. The van der Waals surface area contributed by atoms with Crippen molar-refractivity contribution in [1.82, 2.24) is 15.1 Å². The number of nitrogens with zero attached hydrogens (tertiary/aromatic N) is 2. The van der Waals surface area contributed by atoms with Gasteiger partial charge in [0.1, 0.15) is 0 Å². The van der Waals surface area contributed by atoms with Crippen molar-refractivity contribution in [2.45, 2.75) is 60.0 Å². The predicted molar refractivity (Wildman–Crippen MR) is 89.0 cm³/mol. The van der Waals surface area contributed by atoms with Gasteiger partial charge >= 0.3 is 0 Å². The van der Waals surface area contributed by atoms with Gasteiger partial charge in [-0.05, 0) is 31.9 Å². The zero-order valence-electron chi connectivity index (χ0n) is 13.9. The molecule has 114 valence electrons. The molecule has 1 heterocycles. The lowest BCUT2D eigenvalue weighted by molar-refractivity contribution is 0.584. The molecule has 0 bridgehead atoms.